The molecule has 5 nitrogen and oxygen atoms in total. The minimum atomic E-state index is -0.399. The number of carbonyl (C=O) groups is 1. The van der Waals surface area contributed by atoms with Crippen molar-refractivity contribution in [2.45, 2.75) is 0 Å². The van der Waals surface area contributed by atoms with Crippen molar-refractivity contribution in [3.63, 3.8) is 0 Å². The molecule has 4 aromatic rings. The van der Waals surface area contributed by atoms with Crippen LogP contribution in [0.15, 0.2) is 72.9 Å². The van der Waals surface area contributed by atoms with Gasteiger partial charge in [-0.15, -0.1) is 5.10 Å². The van der Waals surface area contributed by atoms with Crippen molar-refractivity contribution in [3.8, 4) is 16.9 Å². The molecule has 0 fully saturated rings. The molecule has 2 heterocycles. The monoisotopic (exact) mass is 400 g/mol. The standard InChI is InChI=1S/C23H14F2N4O/c24-16-9-10-20-17(12-16)18(23(30)26-20)11-14-5-7-15(8-6-14)21-13-29(28-27-21)22-4-2-1-3-19(22)25/h1-13H,(H,26,30). The van der Waals surface area contributed by atoms with E-state index in [0.29, 0.717) is 28.2 Å². The van der Waals surface area contributed by atoms with E-state index in [0.717, 1.165) is 11.1 Å². The molecule has 0 aliphatic carbocycles. The summed E-state index contributed by atoms with van der Waals surface area (Å²) in [6.07, 6.45) is 3.36. The van der Waals surface area contributed by atoms with Gasteiger partial charge < -0.3 is 5.32 Å². The third kappa shape index (κ3) is 3.16. The smallest absolute Gasteiger partial charge is 0.256 e. The van der Waals surface area contributed by atoms with E-state index in [1.165, 1.54) is 22.9 Å². The number of aromatic nitrogens is 3. The molecule has 0 spiro atoms. The molecule has 0 bridgehead atoms. The summed E-state index contributed by atoms with van der Waals surface area (Å²) < 4.78 is 28.9. The SMILES string of the molecule is O=C1Nc2ccc(F)cc2C1=Cc1ccc(-c2cn(-c3ccccc3F)nn2)cc1. The zero-order valence-corrected chi connectivity index (χ0v) is 15.5. The average Bonchev–Trinajstić information content (AvgIpc) is 3.35. The molecule has 30 heavy (non-hydrogen) atoms. The Bertz CT molecular complexity index is 1310. The third-order valence-corrected chi connectivity index (χ3v) is 4.87. The van der Waals surface area contributed by atoms with Crippen LogP contribution in [0.5, 0.6) is 0 Å². The first-order valence-electron chi connectivity index (χ1n) is 9.19. The van der Waals surface area contributed by atoms with Gasteiger partial charge in [-0.25, -0.2) is 13.5 Å². The van der Waals surface area contributed by atoms with Gasteiger partial charge in [-0.05, 0) is 42.0 Å². The van der Waals surface area contributed by atoms with Gasteiger partial charge in [0.1, 0.15) is 23.0 Å². The first-order chi connectivity index (χ1) is 14.6. The highest BCUT2D eigenvalue weighted by atomic mass is 19.1. The molecule has 0 atom stereocenters. The van der Waals surface area contributed by atoms with Crippen molar-refractivity contribution in [1.82, 2.24) is 15.0 Å². The summed E-state index contributed by atoms with van der Waals surface area (Å²) in [5, 5.41) is 10.8. The molecule has 1 aliphatic rings. The van der Waals surface area contributed by atoms with Crippen LogP contribution in [-0.2, 0) is 4.79 Å². The largest absolute Gasteiger partial charge is 0.321 e. The van der Waals surface area contributed by atoms with Gasteiger partial charge in [0.15, 0.2) is 0 Å². The van der Waals surface area contributed by atoms with Crippen LogP contribution >= 0.6 is 0 Å². The second kappa shape index (κ2) is 7.04. The summed E-state index contributed by atoms with van der Waals surface area (Å²) in [6.45, 7) is 0. The van der Waals surface area contributed by atoms with Gasteiger partial charge in [0, 0.05) is 22.4 Å². The van der Waals surface area contributed by atoms with Crippen molar-refractivity contribution in [1.29, 1.82) is 0 Å². The van der Waals surface area contributed by atoms with Crippen LogP contribution in [0.2, 0.25) is 0 Å². The van der Waals surface area contributed by atoms with Gasteiger partial charge in [0.05, 0.1) is 6.20 Å². The van der Waals surface area contributed by atoms with Gasteiger partial charge in [-0.2, -0.15) is 0 Å². The predicted octanol–water partition coefficient (Wildman–Crippen LogP) is 4.71. The fraction of sp³-hybridized carbons (Fsp3) is 0. The summed E-state index contributed by atoms with van der Waals surface area (Å²) >= 11 is 0. The predicted molar refractivity (Wildman–Crippen MR) is 110 cm³/mol. The van der Waals surface area contributed by atoms with Gasteiger partial charge in [0.25, 0.3) is 5.91 Å². The molecule has 0 saturated heterocycles. The highest BCUT2D eigenvalue weighted by Gasteiger charge is 2.24. The Morgan fingerprint density at radius 2 is 1.77 bits per heavy atom. The third-order valence-electron chi connectivity index (χ3n) is 4.87. The van der Waals surface area contributed by atoms with Gasteiger partial charge in [-0.1, -0.05) is 41.6 Å². The van der Waals surface area contributed by atoms with E-state index in [1.807, 2.05) is 24.3 Å². The van der Waals surface area contributed by atoms with E-state index < -0.39 is 5.82 Å². The quantitative estimate of drug-likeness (QED) is 0.507. The topological polar surface area (TPSA) is 59.8 Å². The number of anilines is 1. The molecule has 3 aromatic carbocycles. The number of nitrogens with zero attached hydrogens (tertiary/aromatic N) is 3. The number of nitrogens with one attached hydrogen (secondary N) is 1. The Kier molecular flexibility index (Phi) is 4.21. The number of carbonyl (C=O) groups excluding carboxylic acids is 1. The van der Waals surface area contributed by atoms with Crippen molar-refractivity contribution in [2.24, 2.45) is 0 Å². The Balaban J connectivity index is 1.44. The number of amides is 1. The lowest BCUT2D eigenvalue weighted by molar-refractivity contribution is -0.110. The lowest BCUT2D eigenvalue weighted by Crippen LogP contribution is -2.03. The molecule has 0 saturated carbocycles. The van der Waals surface area contributed by atoms with Crippen molar-refractivity contribution < 1.29 is 13.6 Å². The van der Waals surface area contributed by atoms with E-state index in [-0.39, 0.29) is 11.7 Å². The van der Waals surface area contributed by atoms with E-state index in [4.69, 9.17) is 0 Å². The second-order valence-electron chi connectivity index (χ2n) is 6.82. The number of halogens is 2. The lowest BCUT2D eigenvalue weighted by atomic mass is 10.0. The Morgan fingerprint density at radius 1 is 0.967 bits per heavy atom. The summed E-state index contributed by atoms with van der Waals surface area (Å²) in [5.74, 6) is -1.06. The van der Waals surface area contributed by atoms with Crippen LogP contribution < -0.4 is 5.32 Å². The number of hydrogen-bond donors (Lipinski definition) is 1. The molecule has 0 radical (unpaired) electrons. The van der Waals surface area contributed by atoms with Crippen molar-refractivity contribution in [2.75, 3.05) is 5.32 Å². The van der Waals surface area contributed by atoms with Gasteiger partial charge >= 0.3 is 0 Å². The Morgan fingerprint density at radius 3 is 2.57 bits per heavy atom. The van der Waals surface area contributed by atoms with Crippen LogP contribution in [0.25, 0.3) is 28.6 Å². The number of fused-ring (bicyclic) bond motifs is 1. The molecule has 0 unspecified atom stereocenters. The summed E-state index contributed by atoms with van der Waals surface area (Å²) in [6, 6.07) is 17.9. The normalized spacial score (nSPS) is 14.1. The molecule has 1 aliphatic heterocycles. The van der Waals surface area contributed by atoms with Crippen molar-refractivity contribution >= 4 is 23.2 Å². The summed E-state index contributed by atoms with van der Waals surface area (Å²) in [4.78, 5) is 12.2. The molecule has 1 aromatic heterocycles. The average molecular weight is 400 g/mol. The number of benzene rings is 3. The molecule has 146 valence electrons. The van der Waals surface area contributed by atoms with E-state index in [1.54, 1.807) is 36.5 Å². The Labute approximate surface area is 170 Å². The minimum absolute atomic E-state index is 0.271. The first kappa shape index (κ1) is 17.9. The maximum absolute atomic E-state index is 13.9. The molecular weight excluding hydrogens is 386 g/mol. The van der Waals surface area contributed by atoms with Crippen LogP contribution in [0, 0.1) is 11.6 Å². The maximum Gasteiger partial charge on any atom is 0.256 e. The lowest BCUT2D eigenvalue weighted by Gasteiger charge is -2.01. The number of rotatable bonds is 3. The van der Waals surface area contributed by atoms with Crippen LogP contribution in [0.4, 0.5) is 14.5 Å². The fourth-order valence-electron chi connectivity index (χ4n) is 3.37. The van der Waals surface area contributed by atoms with Crippen molar-refractivity contribution in [3.05, 3.63) is 95.7 Å². The summed E-state index contributed by atoms with van der Waals surface area (Å²) in [7, 11) is 0. The van der Waals surface area contributed by atoms with Gasteiger partial charge in [-0.3, -0.25) is 4.79 Å². The van der Waals surface area contributed by atoms with Gasteiger partial charge in [0.2, 0.25) is 0 Å². The zero-order chi connectivity index (χ0) is 20.7. The first-order valence-corrected chi connectivity index (χ1v) is 9.19. The van der Waals surface area contributed by atoms with Crippen LogP contribution in [0.1, 0.15) is 11.1 Å². The molecular formula is C23H14F2N4O. The summed E-state index contributed by atoms with van der Waals surface area (Å²) in [5.41, 5.74) is 4.01. The highest BCUT2D eigenvalue weighted by molar-refractivity contribution is 6.34. The minimum Gasteiger partial charge on any atom is -0.321 e. The van der Waals surface area contributed by atoms with E-state index in [9.17, 15) is 13.6 Å². The Hall–Kier alpha value is -4.13. The molecule has 5 rings (SSSR count). The highest BCUT2D eigenvalue weighted by Crippen LogP contribution is 2.33. The van der Waals surface area contributed by atoms with Crippen LogP contribution in [0.3, 0.4) is 0 Å². The zero-order valence-electron chi connectivity index (χ0n) is 15.5. The van der Waals surface area contributed by atoms with E-state index >= 15 is 0 Å². The second-order valence-corrected chi connectivity index (χ2v) is 6.82. The van der Waals surface area contributed by atoms with E-state index in [2.05, 4.69) is 15.6 Å². The molecule has 1 N–H and O–H groups in total. The number of para-hydroxylation sites is 1. The van der Waals surface area contributed by atoms with Crippen LogP contribution in [-0.4, -0.2) is 20.9 Å². The number of hydrogen-bond acceptors (Lipinski definition) is 3. The maximum atomic E-state index is 13.9. The fourth-order valence-corrected chi connectivity index (χ4v) is 3.37. The molecule has 7 heteroatoms. The molecule has 1 amide bonds.